The monoisotopic (exact) mass is 326 g/mol. The predicted molar refractivity (Wildman–Crippen MR) is 83.2 cm³/mol. The number of nitrogens with one attached hydrogen (secondary N) is 1. The van der Waals surface area contributed by atoms with E-state index in [1.54, 1.807) is 0 Å². The zero-order valence-corrected chi connectivity index (χ0v) is 13.5. The molecule has 1 unspecified atom stereocenters. The summed E-state index contributed by atoms with van der Waals surface area (Å²) in [5.74, 6) is -1.12. The van der Waals surface area contributed by atoms with Gasteiger partial charge in [-0.3, -0.25) is 4.79 Å². The second-order valence-electron chi connectivity index (χ2n) is 5.41. The minimum absolute atomic E-state index is 0.0577. The Hall–Kier alpha value is -1.47. The number of ether oxygens (including phenoxy) is 1. The normalized spacial score (nSPS) is 16.6. The highest BCUT2D eigenvalue weighted by Crippen LogP contribution is 2.22. The van der Waals surface area contributed by atoms with Crippen molar-refractivity contribution in [1.29, 1.82) is 0 Å². The van der Waals surface area contributed by atoms with E-state index in [0.717, 1.165) is 12.8 Å². The van der Waals surface area contributed by atoms with Gasteiger partial charge in [-0.25, -0.2) is 9.78 Å². The Morgan fingerprint density at radius 1 is 1.50 bits per heavy atom. The Morgan fingerprint density at radius 3 is 2.82 bits per heavy atom. The second-order valence-corrected chi connectivity index (χ2v) is 6.35. The third-order valence-corrected chi connectivity index (χ3v) is 4.64. The van der Waals surface area contributed by atoms with Gasteiger partial charge in [0.2, 0.25) is 5.91 Å². The summed E-state index contributed by atoms with van der Waals surface area (Å²) in [4.78, 5) is 26.9. The van der Waals surface area contributed by atoms with E-state index in [2.05, 4.69) is 10.3 Å². The number of nitrogens with zero attached hydrogens (tertiary/aromatic N) is 1. The molecule has 0 bridgehead atoms. The van der Waals surface area contributed by atoms with Gasteiger partial charge >= 0.3 is 5.97 Å². The molecular weight excluding hydrogens is 304 g/mol. The van der Waals surface area contributed by atoms with Crippen LogP contribution >= 0.6 is 11.3 Å². The number of thiazole rings is 1. The lowest BCUT2D eigenvalue weighted by atomic mass is 10.2. The second kappa shape index (κ2) is 8.24. The van der Waals surface area contributed by atoms with Crippen LogP contribution in [0.3, 0.4) is 0 Å². The third-order valence-electron chi connectivity index (χ3n) is 3.73. The van der Waals surface area contributed by atoms with E-state index < -0.39 is 12.1 Å². The lowest BCUT2D eigenvalue weighted by molar-refractivity contribution is -0.136. The Kier molecular flexibility index (Phi) is 6.33. The topological polar surface area (TPSA) is 88.5 Å². The molecule has 1 aromatic rings. The van der Waals surface area contributed by atoms with E-state index >= 15 is 0 Å². The predicted octanol–water partition coefficient (Wildman–Crippen LogP) is 2.24. The van der Waals surface area contributed by atoms with Gasteiger partial charge in [0, 0.05) is 18.3 Å². The molecule has 1 saturated carbocycles. The summed E-state index contributed by atoms with van der Waals surface area (Å²) >= 11 is 1.30. The molecule has 2 N–H and O–H groups in total. The molecule has 0 spiro atoms. The van der Waals surface area contributed by atoms with Gasteiger partial charge in [-0.15, -0.1) is 11.3 Å². The van der Waals surface area contributed by atoms with Gasteiger partial charge in [0.25, 0.3) is 0 Å². The van der Waals surface area contributed by atoms with E-state index in [0.29, 0.717) is 24.4 Å². The Balaban J connectivity index is 1.74. The van der Waals surface area contributed by atoms with Crippen LogP contribution in [-0.4, -0.2) is 40.7 Å². The third kappa shape index (κ3) is 4.78. The molecule has 1 aromatic heterocycles. The Morgan fingerprint density at radius 2 is 2.23 bits per heavy atom. The number of carboxylic acid groups (broad SMARTS) is 1. The van der Waals surface area contributed by atoms with Gasteiger partial charge in [0.15, 0.2) is 5.69 Å². The summed E-state index contributed by atoms with van der Waals surface area (Å²) in [6.45, 7) is 2.38. The number of amides is 1. The van der Waals surface area contributed by atoms with E-state index in [-0.39, 0.29) is 17.7 Å². The molecule has 0 aromatic carbocycles. The average molecular weight is 326 g/mol. The Labute approximate surface area is 133 Å². The molecule has 122 valence electrons. The number of carboxylic acids is 1. The fourth-order valence-corrected chi connectivity index (χ4v) is 3.30. The van der Waals surface area contributed by atoms with Gasteiger partial charge in [0.1, 0.15) is 6.10 Å². The molecule has 1 atom stereocenters. The summed E-state index contributed by atoms with van der Waals surface area (Å²) in [6, 6.07) is 0. The van der Waals surface area contributed by atoms with E-state index in [1.165, 1.54) is 29.6 Å². The quantitative estimate of drug-likeness (QED) is 0.765. The van der Waals surface area contributed by atoms with Gasteiger partial charge in [-0.2, -0.15) is 0 Å². The van der Waals surface area contributed by atoms with Crippen LogP contribution in [0.5, 0.6) is 0 Å². The van der Waals surface area contributed by atoms with Crippen LogP contribution in [0.2, 0.25) is 0 Å². The number of rotatable bonds is 8. The lowest BCUT2D eigenvalue weighted by Gasteiger charge is -2.20. The summed E-state index contributed by atoms with van der Waals surface area (Å²) in [6.07, 6.45) is 5.45. The largest absolute Gasteiger partial charge is 0.476 e. The first-order chi connectivity index (χ1) is 10.6. The van der Waals surface area contributed by atoms with Crippen LogP contribution in [0, 0.1) is 0 Å². The maximum Gasteiger partial charge on any atom is 0.355 e. The lowest BCUT2D eigenvalue weighted by Crippen LogP contribution is -2.38. The summed E-state index contributed by atoms with van der Waals surface area (Å²) in [5, 5.41) is 13.9. The van der Waals surface area contributed by atoms with Crippen molar-refractivity contribution in [1.82, 2.24) is 10.3 Å². The average Bonchev–Trinajstić information content (AvgIpc) is 3.16. The first-order valence-corrected chi connectivity index (χ1v) is 8.59. The van der Waals surface area contributed by atoms with Gasteiger partial charge in [-0.1, -0.05) is 19.8 Å². The SMILES string of the molecule is CCC(OC1CCCC1)C(=O)NCCc1nc(C(=O)O)cs1. The summed E-state index contributed by atoms with van der Waals surface area (Å²) < 4.78 is 5.86. The summed E-state index contributed by atoms with van der Waals surface area (Å²) in [7, 11) is 0. The first kappa shape index (κ1) is 16.9. The molecule has 6 nitrogen and oxygen atoms in total. The molecule has 22 heavy (non-hydrogen) atoms. The minimum atomic E-state index is -1.03. The highest BCUT2D eigenvalue weighted by molar-refractivity contribution is 7.09. The van der Waals surface area contributed by atoms with Crippen molar-refractivity contribution < 1.29 is 19.4 Å². The van der Waals surface area contributed by atoms with Crippen molar-refractivity contribution in [2.24, 2.45) is 0 Å². The molecule has 2 rings (SSSR count). The molecule has 0 saturated heterocycles. The molecule has 1 aliphatic carbocycles. The van der Waals surface area contributed by atoms with Crippen molar-refractivity contribution in [3.63, 3.8) is 0 Å². The van der Waals surface area contributed by atoms with Crippen LogP contribution in [0.15, 0.2) is 5.38 Å². The minimum Gasteiger partial charge on any atom is -0.476 e. The highest BCUT2D eigenvalue weighted by atomic mass is 32.1. The number of aromatic nitrogens is 1. The van der Waals surface area contributed by atoms with Crippen LogP contribution in [0.4, 0.5) is 0 Å². The van der Waals surface area contributed by atoms with Crippen molar-refractivity contribution in [2.75, 3.05) is 6.54 Å². The molecule has 1 aliphatic rings. The zero-order chi connectivity index (χ0) is 15.9. The van der Waals surface area contributed by atoms with Crippen LogP contribution < -0.4 is 5.32 Å². The van der Waals surface area contributed by atoms with Crippen LogP contribution in [-0.2, 0) is 16.0 Å². The van der Waals surface area contributed by atoms with Crippen LogP contribution in [0.1, 0.15) is 54.5 Å². The van der Waals surface area contributed by atoms with Gasteiger partial charge in [-0.05, 0) is 19.3 Å². The maximum absolute atomic E-state index is 12.1. The molecule has 0 radical (unpaired) electrons. The smallest absolute Gasteiger partial charge is 0.355 e. The molecule has 1 heterocycles. The van der Waals surface area contributed by atoms with Crippen molar-refractivity contribution in [3.8, 4) is 0 Å². The fraction of sp³-hybridized carbons (Fsp3) is 0.667. The molecule has 1 fully saturated rings. The zero-order valence-electron chi connectivity index (χ0n) is 12.7. The van der Waals surface area contributed by atoms with E-state index in [9.17, 15) is 9.59 Å². The highest BCUT2D eigenvalue weighted by Gasteiger charge is 2.24. The maximum atomic E-state index is 12.1. The number of carbonyl (C=O) groups is 2. The molecule has 0 aliphatic heterocycles. The molecular formula is C15H22N2O4S. The van der Waals surface area contributed by atoms with Crippen LogP contribution in [0.25, 0.3) is 0 Å². The standard InChI is InChI=1S/C15H22N2O4S/c1-2-12(21-10-5-3-4-6-10)14(18)16-8-7-13-17-11(9-22-13)15(19)20/h9-10,12H,2-8H2,1H3,(H,16,18)(H,19,20). The molecule has 7 heteroatoms. The Bertz CT molecular complexity index is 511. The number of hydrogen-bond donors (Lipinski definition) is 2. The van der Waals surface area contributed by atoms with Crippen molar-refractivity contribution in [3.05, 3.63) is 16.1 Å². The number of carbonyl (C=O) groups excluding carboxylic acids is 1. The van der Waals surface area contributed by atoms with Gasteiger partial charge in [0.05, 0.1) is 11.1 Å². The number of hydrogen-bond acceptors (Lipinski definition) is 5. The van der Waals surface area contributed by atoms with E-state index in [4.69, 9.17) is 9.84 Å². The van der Waals surface area contributed by atoms with Crippen molar-refractivity contribution in [2.45, 2.75) is 57.7 Å². The number of aromatic carboxylic acids is 1. The van der Waals surface area contributed by atoms with Gasteiger partial charge < -0.3 is 15.2 Å². The first-order valence-electron chi connectivity index (χ1n) is 7.71. The molecule has 1 amide bonds. The van der Waals surface area contributed by atoms with E-state index in [1.807, 2.05) is 6.92 Å². The summed E-state index contributed by atoms with van der Waals surface area (Å²) in [5.41, 5.74) is 0.0577. The van der Waals surface area contributed by atoms with Crippen molar-refractivity contribution >= 4 is 23.2 Å². The fourth-order valence-electron chi connectivity index (χ4n) is 2.53.